The number of hydrogen-bond donors (Lipinski definition) is 0. The van der Waals surface area contributed by atoms with Crippen molar-refractivity contribution in [3.8, 4) is 0 Å². The van der Waals surface area contributed by atoms with Gasteiger partial charge in [-0.25, -0.2) is 4.98 Å². The monoisotopic (exact) mass is 383 g/mol. The van der Waals surface area contributed by atoms with E-state index in [1.54, 1.807) is 11.6 Å². The first-order valence-electron chi connectivity index (χ1n) is 10.7. The summed E-state index contributed by atoms with van der Waals surface area (Å²) in [4.78, 5) is 33.2. The Morgan fingerprint density at radius 3 is 2.57 bits per heavy atom. The van der Waals surface area contributed by atoms with Crippen LogP contribution in [-0.4, -0.2) is 26.9 Å². The van der Waals surface area contributed by atoms with E-state index in [9.17, 15) is 9.59 Å². The normalized spacial score (nSPS) is 16.0. The molecule has 1 heterocycles. The van der Waals surface area contributed by atoms with Gasteiger partial charge in [-0.05, 0) is 43.7 Å². The van der Waals surface area contributed by atoms with Crippen LogP contribution in [0.1, 0.15) is 71.2 Å². The van der Waals surface area contributed by atoms with Crippen LogP contribution in [0.2, 0.25) is 0 Å². The van der Waals surface area contributed by atoms with Gasteiger partial charge < -0.3 is 4.90 Å². The summed E-state index contributed by atoms with van der Waals surface area (Å²) < 4.78 is 1.64. The lowest BCUT2D eigenvalue weighted by atomic mass is 10.0. The van der Waals surface area contributed by atoms with Crippen LogP contribution in [0.25, 0.3) is 10.9 Å². The second kappa shape index (κ2) is 8.89. The highest BCUT2D eigenvalue weighted by molar-refractivity contribution is 5.80. The second-order valence-corrected chi connectivity index (χ2v) is 8.47. The number of fused-ring (bicyclic) bond motifs is 1. The number of hydrogen-bond acceptors (Lipinski definition) is 3. The number of amides is 1. The molecule has 1 amide bonds. The largest absolute Gasteiger partial charge is 0.332 e. The van der Waals surface area contributed by atoms with E-state index in [1.807, 2.05) is 29.2 Å². The van der Waals surface area contributed by atoms with Gasteiger partial charge in [0.15, 0.2) is 0 Å². The quantitative estimate of drug-likeness (QED) is 0.710. The smallest absolute Gasteiger partial charge is 0.261 e. The highest BCUT2D eigenvalue weighted by atomic mass is 16.2. The SMILES string of the molecule is CCC(c1nc2ccccc2c(=O)n1C)N(CCC(C)C)C(=O)C1CCCC1. The Morgan fingerprint density at radius 1 is 1.25 bits per heavy atom. The Balaban J connectivity index is 2.03. The molecule has 0 radical (unpaired) electrons. The second-order valence-electron chi connectivity index (χ2n) is 8.47. The minimum Gasteiger partial charge on any atom is -0.332 e. The molecule has 0 bridgehead atoms. The maximum atomic E-state index is 13.4. The molecular weight excluding hydrogens is 350 g/mol. The molecule has 0 saturated heterocycles. The highest BCUT2D eigenvalue weighted by Crippen LogP contribution is 2.32. The predicted molar refractivity (Wildman–Crippen MR) is 113 cm³/mol. The molecule has 1 atom stereocenters. The van der Waals surface area contributed by atoms with Crippen LogP contribution in [0.3, 0.4) is 0 Å². The number of rotatable bonds is 7. The van der Waals surface area contributed by atoms with Crippen LogP contribution in [0.15, 0.2) is 29.1 Å². The van der Waals surface area contributed by atoms with Crippen LogP contribution in [0.5, 0.6) is 0 Å². The van der Waals surface area contributed by atoms with Crippen molar-refractivity contribution in [1.29, 1.82) is 0 Å². The van der Waals surface area contributed by atoms with E-state index in [2.05, 4.69) is 20.8 Å². The first-order chi connectivity index (χ1) is 13.4. The van der Waals surface area contributed by atoms with Crippen LogP contribution < -0.4 is 5.56 Å². The molecule has 1 aromatic heterocycles. The van der Waals surface area contributed by atoms with Gasteiger partial charge in [0.05, 0.1) is 16.9 Å². The topological polar surface area (TPSA) is 55.2 Å². The maximum absolute atomic E-state index is 13.4. The van der Waals surface area contributed by atoms with E-state index in [0.29, 0.717) is 29.2 Å². The lowest BCUT2D eigenvalue weighted by Gasteiger charge is -2.34. The Kier molecular flexibility index (Phi) is 6.53. The van der Waals surface area contributed by atoms with E-state index < -0.39 is 0 Å². The summed E-state index contributed by atoms with van der Waals surface area (Å²) in [5.41, 5.74) is 0.660. The fourth-order valence-electron chi connectivity index (χ4n) is 4.30. The Hall–Kier alpha value is -2.17. The molecule has 2 aromatic rings. The first kappa shape index (κ1) is 20.6. The average molecular weight is 384 g/mol. The fourth-order valence-corrected chi connectivity index (χ4v) is 4.30. The predicted octanol–water partition coefficient (Wildman–Crippen LogP) is 4.45. The molecule has 1 aromatic carbocycles. The van der Waals surface area contributed by atoms with Crippen molar-refractivity contribution in [2.75, 3.05) is 6.54 Å². The number of carbonyl (C=O) groups excluding carboxylic acids is 1. The van der Waals surface area contributed by atoms with Crippen molar-refractivity contribution in [2.45, 2.75) is 65.3 Å². The summed E-state index contributed by atoms with van der Waals surface area (Å²) in [5.74, 6) is 1.58. The number of aromatic nitrogens is 2. The van der Waals surface area contributed by atoms with E-state index in [4.69, 9.17) is 4.98 Å². The molecule has 3 rings (SSSR count). The van der Waals surface area contributed by atoms with Crippen LogP contribution >= 0.6 is 0 Å². The van der Waals surface area contributed by atoms with Crippen molar-refractivity contribution in [2.24, 2.45) is 18.9 Å². The Labute approximate surface area is 167 Å². The van der Waals surface area contributed by atoms with Crippen molar-refractivity contribution >= 4 is 16.8 Å². The molecule has 5 heteroatoms. The van der Waals surface area contributed by atoms with E-state index in [0.717, 1.165) is 38.5 Å². The van der Waals surface area contributed by atoms with Crippen LogP contribution in [0.4, 0.5) is 0 Å². The number of para-hydroxylation sites is 1. The molecule has 0 aliphatic heterocycles. The van der Waals surface area contributed by atoms with Crippen LogP contribution in [-0.2, 0) is 11.8 Å². The van der Waals surface area contributed by atoms with Gasteiger partial charge in [0.2, 0.25) is 5.91 Å². The fraction of sp³-hybridized carbons (Fsp3) is 0.609. The zero-order valence-electron chi connectivity index (χ0n) is 17.6. The highest BCUT2D eigenvalue weighted by Gasteiger charge is 2.33. The van der Waals surface area contributed by atoms with E-state index >= 15 is 0 Å². The van der Waals surface area contributed by atoms with Crippen molar-refractivity contribution in [3.63, 3.8) is 0 Å². The van der Waals surface area contributed by atoms with Crippen LogP contribution in [0, 0.1) is 11.8 Å². The minimum atomic E-state index is -0.172. The molecule has 1 unspecified atom stereocenters. The molecule has 1 aliphatic carbocycles. The van der Waals surface area contributed by atoms with Gasteiger partial charge in [-0.2, -0.15) is 0 Å². The molecular formula is C23H33N3O2. The summed E-state index contributed by atoms with van der Waals surface area (Å²) in [6.07, 6.45) is 5.94. The third-order valence-electron chi connectivity index (χ3n) is 6.01. The lowest BCUT2D eigenvalue weighted by molar-refractivity contribution is -0.138. The molecule has 1 aliphatic rings. The Morgan fingerprint density at radius 2 is 1.93 bits per heavy atom. The van der Waals surface area contributed by atoms with Gasteiger partial charge in [0, 0.05) is 19.5 Å². The van der Waals surface area contributed by atoms with Gasteiger partial charge in [0.25, 0.3) is 5.56 Å². The van der Waals surface area contributed by atoms with Gasteiger partial charge in [-0.3, -0.25) is 14.2 Å². The number of benzene rings is 1. The molecule has 152 valence electrons. The van der Waals surface area contributed by atoms with E-state index in [-0.39, 0.29) is 23.4 Å². The Bertz CT molecular complexity index is 881. The molecule has 1 fully saturated rings. The van der Waals surface area contributed by atoms with Crippen molar-refractivity contribution in [3.05, 3.63) is 40.4 Å². The summed E-state index contributed by atoms with van der Waals surface area (Å²) in [6.45, 7) is 7.16. The number of nitrogens with zero attached hydrogens (tertiary/aromatic N) is 3. The zero-order chi connectivity index (χ0) is 20.3. The van der Waals surface area contributed by atoms with Gasteiger partial charge in [-0.15, -0.1) is 0 Å². The summed E-state index contributed by atoms with van der Waals surface area (Å²) in [7, 11) is 1.78. The molecule has 0 spiro atoms. The summed E-state index contributed by atoms with van der Waals surface area (Å²) in [6, 6.07) is 7.29. The van der Waals surface area contributed by atoms with Gasteiger partial charge in [-0.1, -0.05) is 45.7 Å². The molecule has 5 nitrogen and oxygen atoms in total. The molecule has 1 saturated carbocycles. The minimum absolute atomic E-state index is 0.0452. The zero-order valence-corrected chi connectivity index (χ0v) is 17.6. The molecule has 28 heavy (non-hydrogen) atoms. The third-order valence-corrected chi connectivity index (χ3v) is 6.01. The van der Waals surface area contributed by atoms with Gasteiger partial charge >= 0.3 is 0 Å². The lowest BCUT2D eigenvalue weighted by Crippen LogP contribution is -2.41. The molecule has 0 N–H and O–H groups in total. The third kappa shape index (κ3) is 4.13. The standard InChI is InChI=1S/C23H33N3O2/c1-5-20(21-24-19-13-9-8-12-18(19)23(28)25(21)4)26(15-14-16(2)3)22(27)17-10-6-7-11-17/h8-9,12-13,16-17,20H,5-7,10-11,14-15H2,1-4H3. The average Bonchev–Trinajstić information content (AvgIpc) is 3.22. The number of carbonyl (C=O) groups is 1. The van der Waals surface area contributed by atoms with Gasteiger partial charge in [0.1, 0.15) is 5.82 Å². The summed E-state index contributed by atoms with van der Waals surface area (Å²) in [5, 5.41) is 0.624. The first-order valence-corrected chi connectivity index (χ1v) is 10.7. The van der Waals surface area contributed by atoms with Crippen molar-refractivity contribution < 1.29 is 4.79 Å². The summed E-state index contributed by atoms with van der Waals surface area (Å²) >= 11 is 0. The maximum Gasteiger partial charge on any atom is 0.261 e. The van der Waals surface area contributed by atoms with E-state index in [1.165, 1.54) is 0 Å². The van der Waals surface area contributed by atoms with Crippen molar-refractivity contribution in [1.82, 2.24) is 14.5 Å².